The third-order valence-electron chi connectivity index (χ3n) is 8.72. The molecule has 0 spiro atoms. The van der Waals surface area contributed by atoms with Crippen LogP contribution in [0.1, 0.15) is 70.9 Å². The minimum Gasteiger partial charge on any atom is -0.449 e. The average molecular weight is 610 g/mol. The van der Waals surface area contributed by atoms with E-state index in [1.54, 1.807) is 17.0 Å². The van der Waals surface area contributed by atoms with E-state index in [-0.39, 0.29) is 48.6 Å². The topological polar surface area (TPSA) is 122 Å². The first-order valence-corrected chi connectivity index (χ1v) is 15.3. The number of hydrogen-bond donors (Lipinski definition) is 1. The molecule has 45 heavy (non-hydrogen) atoms. The first kappa shape index (κ1) is 30.1. The molecule has 10 nitrogen and oxygen atoms in total. The Bertz CT molecular complexity index is 1580. The Morgan fingerprint density at radius 1 is 0.800 bits per heavy atom. The lowest BCUT2D eigenvalue weighted by molar-refractivity contribution is -0.175. The van der Waals surface area contributed by atoms with Gasteiger partial charge in [-0.15, -0.1) is 0 Å². The number of carbonyl (C=O) groups is 5. The normalized spacial score (nSPS) is 16.7. The summed E-state index contributed by atoms with van der Waals surface area (Å²) in [7, 11) is 0. The quantitative estimate of drug-likeness (QED) is 0.359. The van der Waals surface area contributed by atoms with Gasteiger partial charge in [0.1, 0.15) is 12.6 Å². The van der Waals surface area contributed by atoms with Crippen LogP contribution < -0.4 is 5.32 Å². The molecule has 10 heteroatoms. The SMILES string of the molecule is CC(C)C[C@H](NC(=O)OCC1c2ccccc2-c2ccccc21)C(=O)N1CCC(C(=O)ON2C(=O)c3ccccc3C2=O)CC1. The van der Waals surface area contributed by atoms with Crippen molar-refractivity contribution in [1.29, 1.82) is 0 Å². The number of likely N-dealkylation sites (tertiary alicyclic amines) is 1. The monoisotopic (exact) mass is 609 g/mol. The number of ether oxygens (including phenoxy) is 1. The first-order chi connectivity index (χ1) is 21.7. The number of hydrogen-bond acceptors (Lipinski definition) is 7. The summed E-state index contributed by atoms with van der Waals surface area (Å²) in [5.74, 6) is -2.84. The van der Waals surface area contributed by atoms with Gasteiger partial charge in [-0.05, 0) is 59.6 Å². The minimum absolute atomic E-state index is 0.0958. The number of hydroxylamine groups is 2. The van der Waals surface area contributed by atoms with Crippen LogP contribution in [-0.4, -0.2) is 65.5 Å². The highest BCUT2D eigenvalue weighted by molar-refractivity contribution is 6.20. The van der Waals surface area contributed by atoms with E-state index in [1.165, 1.54) is 12.1 Å². The van der Waals surface area contributed by atoms with Crippen LogP contribution in [0.3, 0.4) is 0 Å². The molecular formula is C35H35N3O7. The average Bonchev–Trinajstić information content (AvgIpc) is 3.50. The zero-order valence-corrected chi connectivity index (χ0v) is 25.2. The molecule has 1 fully saturated rings. The van der Waals surface area contributed by atoms with Gasteiger partial charge in [0.15, 0.2) is 0 Å². The molecule has 0 saturated carbocycles. The van der Waals surface area contributed by atoms with Crippen molar-refractivity contribution in [3.8, 4) is 11.1 Å². The number of rotatable bonds is 8. The Kier molecular flexibility index (Phi) is 8.38. The Hall–Kier alpha value is -4.99. The summed E-state index contributed by atoms with van der Waals surface area (Å²) in [5, 5.41) is 3.31. The molecule has 0 aromatic heterocycles. The van der Waals surface area contributed by atoms with Gasteiger partial charge < -0.3 is 19.8 Å². The molecule has 232 valence electrons. The van der Waals surface area contributed by atoms with Crippen LogP contribution in [0, 0.1) is 11.8 Å². The maximum Gasteiger partial charge on any atom is 0.407 e. The Labute approximate surface area is 261 Å². The number of imide groups is 1. The van der Waals surface area contributed by atoms with Crippen molar-refractivity contribution in [2.24, 2.45) is 11.8 Å². The van der Waals surface area contributed by atoms with Crippen molar-refractivity contribution in [1.82, 2.24) is 15.3 Å². The largest absolute Gasteiger partial charge is 0.449 e. The van der Waals surface area contributed by atoms with Gasteiger partial charge in [-0.2, -0.15) is 0 Å². The lowest BCUT2D eigenvalue weighted by Gasteiger charge is -2.34. The molecule has 3 aromatic rings. The number of amides is 4. The van der Waals surface area contributed by atoms with Crippen molar-refractivity contribution < 1.29 is 33.5 Å². The third kappa shape index (κ3) is 5.92. The van der Waals surface area contributed by atoms with E-state index in [2.05, 4.69) is 17.4 Å². The summed E-state index contributed by atoms with van der Waals surface area (Å²) in [4.78, 5) is 71.5. The van der Waals surface area contributed by atoms with Gasteiger partial charge in [0.2, 0.25) is 5.91 Å². The van der Waals surface area contributed by atoms with Gasteiger partial charge in [0.05, 0.1) is 17.0 Å². The van der Waals surface area contributed by atoms with Crippen LogP contribution in [0.4, 0.5) is 4.79 Å². The van der Waals surface area contributed by atoms with Crippen molar-refractivity contribution in [2.75, 3.05) is 19.7 Å². The molecule has 3 aromatic carbocycles. The van der Waals surface area contributed by atoms with E-state index in [1.807, 2.05) is 50.2 Å². The van der Waals surface area contributed by atoms with Crippen LogP contribution in [0.15, 0.2) is 72.8 Å². The lowest BCUT2D eigenvalue weighted by atomic mass is 9.95. The van der Waals surface area contributed by atoms with Crippen LogP contribution in [-0.2, 0) is 19.2 Å². The van der Waals surface area contributed by atoms with Crippen LogP contribution >= 0.6 is 0 Å². The number of nitrogens with one attached hydrogen (secondary N) is 1. The van der Waals surface area contributed by atoms with E-state index in [9.17, 15) is 24.0 Å². The predicted octanol–water partition coefficient (Wildman–Crippen LogP) is 4.93. The van der Waals surface area contributed by atoms with Gasteiger partial charge in [0, 0.05) is 19.0 Å². The Morgan fingerprint density at radius 2 is 1.31 bits per heavy atom. The van der Waals surface area contributed by atoms with Crippen LogP contribution in [0.5, 0.6) is 0 Å². The number of benzene rings is 3. The number of fused-ring (bicyclic) bond motifs is 4. The third-order valence-corrected chi connectivity index (χ3v) is 8.72. The van der Waals surface area contributed by atoms with E-state index < -0.39 is 35.8 Å². The molecule has 0 unspecified atom stereocenters. The fourth-order valence-electron chi connectivity index (χ4n) is 6.45. The molecule has 2 aliphatic heterocycles. The zero-order valence-electron chi connectivity index (χ0n) is 25.2. The van der Waals surface area contributed by atoms with Gasteiger partial charge in [-0.25, -0.2) is 9.59 Å². The second-order valence-corrected chi connectivity index (χ2v) is 12.1. The fourth-order valence-corrected chi connectivity index (χ4v) is 6.45. The summed E-state index contributed by atoms with van der Waals surface area (Å²) < 4.78 is 5.70. The Morgan fingerprint density at radius 3 is 1.84 bits per heavy atom. The van der Waals surface area contributed by atoms with Gasteiger partial charge >= 0.3 is 12.1 Å². The maximum atomic E-state index is 13.6. The summed E-state index contributed by atoms with van der Waals surface area (Å²) >= 11 is 0. The second-order valence-electron chi connectivity index (χ2n) is 12.1. The molecule has 3 aliphatic rings. The van der Waals surface area contributed by atoms with Gasteiger partial charge in [-0.3, -0.25) is 14.4 Å². The predicted molar refractivity (Wildman–Crippen MR) is 164 cm³/mol. The van der Waals surface area contributed by atoms with Gasteiger partial charge in [0.25, 0.3) is 11.8 Å². The summed E-state index contributed by atoms with van der Waals surface area (Å²) in [6.45, 7) is 4.62. The first-order valence-electron chi connectivity index (χ1n) is 15.3. The fraction of sp³-hybridized carbons (Fsp3) is 0.343. The number of piperidine rings is 1. The molecule has 1 N–H and O–H groups in total. The molecule has 2 heterocycles. The van der Waals surface area contributed by atoms with Crippen molar-refractivity contribution >= 4 is 29.8 Å². The molecule has 4 amide bonds. The van der Waals surface area contributed by atoms with E-state index in [0.717, 1.165) is 22.3 Å². The highest BCUT2D eigenvalue weighted by atomic mass is 16.7. The highest BCUT2D eigenvalue weighted by Crippen LogP contribution is 2.44. The van der Waals surface area contributed by atoms with E-state index in [4.69, 9.17) is 9.57 Å². The highest BCUT2D eigenvalue weighted by Gasteiger charge is 2.41. The molecule has 1 saturated heterocycles. The number of alkyl carbamates (subject to hydrolysis) is 1. The summed E-state index contributed by atoms with van der Waals surface area (Å²) in [6, 6.07) is 21.7. The minimum atomic E-state index is -0.789. The molecule has 1 aliphatic carbocycles. The smallest absolute Gasteiger partial charge is 0.407 e. The summed E-state index contributed by atoms with van der Waals surface area (Å²) in [6.07, 6.45) is 0.362. The molecular weight excluding hydrogens is 574 g/mol. The van der Waals surface area contributed by atoms with Crippen LogP contribution in [0.25, 0.3) is 11.1 Å². The lowest BCUT2D eigenvalue weighted by Crippen LogP contribution is -2.52. The zero-order chi connectivity index (χ0) is 31.7. The van der Waals surface area contributed by atoms with Gasteiger partial charge in [-0.1, -0.05) is 79.6 Å². The molecule has 1 atom stereocenters. The number of carbonyl (C=O) groups excluding carboxylic acids is 5. The van der Waals surface area contributed by atoms with Crippen molar-refractivity contribution in [3.05, 3.63) is 95.1 Å². The number of nitrogens with zero attached hydrogens (tertiary/aromatic N) is 2. The summed E-state index contributed by atoms with van der Waals surface area (Å²) in [5.41, 5.74) is 4.85. The second kappa shape index (κ2) is 12.6. The standard InChI is InChI=1S/C35H35N3O7/c1-21(2)19-30(36-35(43)44-20-29-25-11-5-3-9-23(25)24-10-4-6-12-26(24)29)33(41)37-17-15-22(16-18-37)34(42)45-38-31(39)27-13-7-8-14-28(27)32(38)40/h3-14,21-22,29-30H,15-20H2,1-2H3,(H,36,43)/t30-/m0/s1. The van der Waals surface area contributed by atoms with E-state index >= 15 is 0 Å². The van der Waals surface area contributed by atoms with Crippen molar-refractivity contribution in [2.45, 2.75) is 45.1 Å². The van der Waals surface area contributed by atoms with Crippen LogP contribution in [0.2, 0.25) is 0 Å². The maximum absolute atomic E-state index is 13.6. The van der Waals surface area contributed by atoms with Crippen molar-refractivity contribution in [3.63, 3.8) is 0 Å². The molecule has 0 radical (unpaired) electrons. The van der Waals surface area contributed by atoms with E-state index in [0.29, 0.717) is 24.3 Å². The molecule has 6 rings (SSSR count). The Balaban J connectivity index is 1.03. The molecule has 0 bridgehead atoms.